The molecular formula is C20H16F3N3O2. The van der Waals surface area contributed by atoms with Crippen LogP contribution in [0, 0.1) is 0 Å². The number of benzene rings is 2. The van der Waals surface area contributed by atoms with E-state index >= 15 is 0 Å². The Morgan fingerprint density at radius 2 is 1.68 bits per heavy atom. The van der Waals surface area contributed by atoms with Gasteiger partial charge < -0.3 is 5.32 Å². The smallest absolute Gasteiger partial charge is 0.305 e. The van der Waals surface area contributed by atoms with Crippen LogP contribution in [0.4, 0.5) is 19.0 Å². The molecule has 0 aliphatic carbocycles. The van der Waals surface area contributed by atoms with Crippen LogP contribution in [-0.4, -0.2) is 21.5 Å². The number of hydrogen-bond acceptors (Lipinski definition) is 3. The highest BCUT2D eigenvalue weighted by atomic mass is 19.4. The number of amides is 1. The van der Waals surface area contributed by atoms with E-state index in [1.54, 1.807) is 48.5 Å². The van der Waals surface area contributed by atoms with Crippen molar-refractivity contribution in [3.05, 3.63) is 83.0 Å². The number of ketones is 1. The fourth-order valence-electron chi connectivity index (χ4n) is 2.77. The Morgan fingerprint density at radius 1 is 1.04 bits per heavy atom. The van der Waals surface area contributed by atoms with Crippen LogP contribution in [-0.2, 0) is 19.6 Å². The standard InChI is InChI=1S/C20H16F3N3O2/c1-26-17(20(21,22)23)12-18(25-26)24-19(28)15-10-6-5-9-14(15)11-16(27)13-7-3-2-4-8-13/h2-10,12H,11H2,1H3,(H,24,25,28). The molecule has 1 amide bonds. The maximum atomic E-state index is 12.9. The number of nitrogens with zero attached hydrogens (tertiary/aromatic N) is 2. The van der Waals surface area contributed by atoms with Gasteiger partial charge in [-0.05, 0) is 11.6 Å². The molecule has 0 unspecified atom stereocenters. The second-order valence-electron chi connectivity index (χ2n) is 6.11. The molecule has 0 atom stereocenters. The van der Waals surface area contributed by atoms with Gasteiger partial charge in [0, 0.05) is 30.7 Å². The van der Waals surface area contributed by atoms with E-state index in [0.29, 0.717) is 15.8 Å². The largest absolute Gasteiger partial charge is 0.433 e. The average Bonchev–Trinajstić information content (AvgIpc) is 3.03. The summed E-state index contributed by atoms with van der Waals surface area (Å²) in [7, 11) is 1.14. The minimum Gasteiger partial charge on any atom is -0.305 e. The Balaban J connectivity index is 1.81. The number of aryl methyl sites for hydroxylation is 1. The summed E-state index contributed by atoms with van der Waals surface area (Å²) in [6.45, 7) is 0. The molecule has 0 spiro atoms. The third kappa shape index (κ3) is 4.28. The van der Waals surface area contributed by atoms with E-state index in [-0.39, 0.29) is 23.6 Å². The van der Waals surface area contributed by atoms with Crippen LogP contribution in [0.15, 0.2) is 60.7 Å². The summed E-state index contributed by atoms with van der Waals surface area (Å²) in [5.41, 5.74) is 0.208. The van der Waals surface area contributed by atoms with Crippen molar-refractivity contribution in [2.45, 2.75) is 12.6 Å². The third-order valence-electron chi connectivity index (χ3n) is 4.12. The molecule has 5 nitrogen and oxygen atoms in total. The van der Waals surface area contributed by atoms with Crippen LogP contribution in [0.5, 0.6) is 0 Å². The van der Waals surface area contributed by atoms with Crippen molar-refractivity contribution < 1.29 is 22.8 Å². The molecule has 8 heteroatoms. The van der Waals surface area contributed by atoms with Gasteiger partial charge in [0.05, 0.1) is 0 Å². The van der Waals surface area contributed by atoms with Crippen molar-refractivity contribution in [1.29, 1.82) is 0 Å². The molecule has 0 aliphatic heterocycles. The van der Waals surface area contributed by atoms with Gasteiger partial charge in [0.1, 0.15) is 5.69 Å². The number of nitrogens with one attached hydrogen (secondary N) is 1. The second kappa shape index (κ2) is 7.67. The highest BCUT2D eigenvalue weighted by Gasteiger charge is 2.35. The third-order valence-corrected chi connectivity index (χ3v) is 4.12. The van der Waals surface area contributed by atoms with Crippen molar-refractivity contribution in [3.63, 3.8) is 0 Å². The quantitative estimate of drug-likeness (QED) is 0.670. The number of anilines is 1. The number of aromatic nitrogens is 2. The summed E-state index contributed by atoms with van der Waals surface area (Å²) in [4.78, 5) is 25.0. The molecule has 1 N–H and O–H groups in total. The van der Waals surface area contributed by atoms with Gasteiger partial charge in [0.25, 0.3) is 5.91 Å². The minimum atomic E-state index is -4.58. The molecule has 0 saturated carbocycles. The average molecular weight is 387 g/mol. The van der Waals surface area contributed by atoms with Gasteiger partial charge >= 0.3 is 6.18 Å². The van der Waals surface area contributed by atoms with Crippen LogP contribution in [0.25, 0.3) is 0 Å². The SMILES string of the molecule is Cn1nc(NC(=O)c2ccccc2CC(=O)c2ccccc2)cc1C(F)(F)F. The van der Waals surface area contributed by atoms with E-state index in [0.717, 1.165) is 13.1 Å². The fourth-order valence-corrected chi connectivity index (χ4v) is 2.77. The highest BCUT2D eigenvalue weighted by molar-refractivity contribution is 6.06. The second-order valence-corrected chi connectivity index (χ2v) is 6.11. The Bertz CT molecular complexity index is 1010. The lowest BCUT2D eigenvalue weighted by molar-refractivity contribution is -0.143. The summed E-state index contributed by atoms with van der Waals surface area (Å²) in [6.07, 6.45) is -4.59. The first-order valence-electron chi connectivity index (χ1n) is 8.34. The molecule has 1 heterocycles. The number of alkyl halides is 3. The predicted octanol–water partition coefficient (Wildman–Crippen LogP) is 4.12. The van der Waals surface area contributed by atoms with Crippen LogP contribution < -0.4 is 5.32 Å². The van der Waals surface area contributed by atoms with E-state index in [9.17, 15) is 22.8 Å². The van der Waals surface area contributed by atoms with Gasteiger partial charge in [-0.1, -0.05) is 48.5 Å². The van der Waals surface area contributed by atoms with E-state index in [1.165, 1.54) is 6.07 Å². The van der Waals surface area contributed by atoms with Crippen molar-refractivity contribution >= 4 is 17.5 Å². The first-order valence-corrected chi connectivity index (χ1v) is 8.34. The summed E-state index contributed by atoms with van der Waals surface area (Å²) in [5.74, 6) is -1.02. The lowest BCUT2D eigenvalue weighted by atomic mass is 9.98. The molecule has 0 aliphatic rings. The van der Waals surface area contributed by atoms with Crippen LogP contribution in [0.3, 0.4) is 0 Å². The first kappa shape index (κ1) is 19.3. The highest BCUT2D eigenvalue weighted by Crippen LogP contribution is 2.30. The van der Waals surface area contributed by atoms with Gasteiger partial charge in [-0.2, -0.15) is 18.3 Å². The van der Waals surface area contributed by atoms with E-state index in [4.69, 9.17) is 0 Å². The number of Topliss-reactive ketones (excluding diaryl/α,β-unsaturated/α-hetero) is 1. The Labute approximate surface area is 158 Å². The number of halogens is 3. The Kier molecular flexibility index (Phi) is 5.30. The van der Waals surface area contributed by atoms with E-state index < -0.39 is 17.8 Å². The van der Waals surface area contributed by atoms with Gasteiger partial charge in [-0.3, -0.25) is 14.3 Å². The molecule has 0 saturated heterocycles. The van der Waals surface area contributed by atoms with Crippen LogP contribution in [0.1, 0.15) is 32.0 Å². The van der Waals surface area contributed by atoms with Crippen molar-refractivity contribution in [2.75, 3.05) is 5.32 Å². The Hall–Kier alpha value is -3.42. The summed E-state index contributed by atoms with van der Waals surface area (Å²) in [6, 6.07) is 15.8. The molecule has 144 valence electrons. The number of hydrogen-bond donors (Lipinski definition) is 1. The van der Waals surface area contributed by atoms with Crippen molar-refractivity contribution in [2.24, 2.45) is 7.05 Å². The zero-order valence-electron chi connectivity index (χ0n) is 14.8. The summed E-state index contributed by atoms with van der Waals surface area (Å²) < 4.78 is 39.3. The molecule has 3 rings (SSSR count). The molecular weight excluding hydrogens is 371 g/mol. The van der Waals surface area contributed by atoms with Crippen LogP contribution in [0.2, 0.25) is 0 Å². The van der Waals surface area contributed by atoms with Crippen LogP contribution >= 0.6 is 0 Å². The summed E-state index contributed by atoms with van der Waals surface area (Å²) in [5, 5.41) is 6.04. The topological polar surface area (TPSA) is 64.0 Å². The van der Waals surface area contributed by atoms with E-state index in [1.807, 2.05) is 0 Å². The maximum absolute atomic E-state index is 12.9. The number of rotatable bonds is 5. The lowest BCUT2D eigenvalue weighted by Gasteiger charge is -2.09. The minimum absolute atomic E-state index is 0.0103. The number of carbonyl (C=O) groups excluding carboxylic acids is 2. The monoisotopic (exact) mass is 387 g/mol. The maximum Gasteiger partial charge on any atom is 0.433 e. The molecule has 1 aromatic heterocycles. The Morgan fingerprint density at radius 3 is 2.32 bits per heavy atom. The zero-order chi connectivity index (χ0) is 20.3. The van der Waals surface area contributed by atoms with E-state index in [2.05, 4.69) is 10.4 Å². The molecule has 28 heavy (non-hydrogen) atoms. The fraction of sp³-hybridized carbons (Fsp3) is 0.150. The summed E-state index contributed by atoms with van der Waals surface area (Å²) >= 11 is 0. The molecule has 2 aromatic carbocycles. The predicted molar refractivity (Wildman–Crippen MR) is 97.1 cm³/mol. The molecule has 0 bridgehead atoms. The van der Waals surface area contributed by atoms with Gasteiger partial charge in [-0.15, -0.1) is 0 Å². The molecule has 0 fully saturated rings. The van der Waals surface area contributed by atoms with Crippen molar-refractivity contribution in [1.82, 2.24) is 9.78 Å². The molecule has 0 radical (unpaired) electrons. The van der Waals surface area contributed by atoms with Gasteiger partial charge in [-0.25, -0.2) is 0 Å². The first-order chi connectivity index (χ1) is 13.3. The molecule has 3 aromatic rings. The van der Waals surface area contributed by atoms with Crippen molar-refractivity contribution in [3.8, 4) is 0 Å². The zero-order valence-corrected chi connectivity index (χ0v) is 14.8. The normalized spacial score (nSPS) is 11.3. The van der Waals surface area contributed by atoms with Gasteiger partial charge in [0.2, 0.25) is 0 Å². The van der Waals surface area contributed by atoms with Gasteiger partial charge in [0.15, 0.2) is 11.6 Å². The number of carbonyl (C=O) groups is 2. The lowest BCUT2D eigenvalue weighted by Crippen LogP contribution is -2.16.